The molecule has 1 N–H and O–H groups in total. The van der Waals surface area contributed by atoms with Crippen molar-refractivity contribution >= 4 is 17.3 Å². The molecule has 0 spiro atoms. The summed E-state index contributed by atoms with van der Waals surface area (Å²) >= 11 is 0. The van der Waals surface area contributed by atoms with Gasteiger partial charge in [-0.3, -0.25) is 4.79 Å². The first-order valence-corrected chi connectivity index (χ1v) is 10.0. The molecule has 2 aromatic rings. The van der Waals surface area contributed by atoms with Gasteiger partial charge in [0.25, 0.3) is 0 Å². The summed E-state index contributed by atoms with van der Waals surface area (Å²) in [6, 6.07) is 14.9. The fourth-order valence-corrected chi connectivity index (χ4v) is 4.40. The second kappa shape index (κ2) is 7.55. The topological polar surface area (TPSA) is 41.6 Å². The van der Waals surface area contributed by atoms with Gasteiger partial charge in [-0.2, -0.15) is 0 Å². The summed E-state index contributed by atoms with van der Waals surface area (Å²) in [6.45, 7) is 5.31. The van der Waals surface area contributed by atoms with Crippen molar-refractivity contribution in [3.63, 3.8) is 0 Å². The predicted molar refractivity (Wildman–Crippen MR) is 109 cm³/mol. The number of morpholine rings is 1. The molecule has 1 saturated heterocycles. The van der Waals surface area contributed by atoms with Gasteiger partial charge in [0.2, 0.25) is 5.91 Å². The van der Waals surface area contributed by atoms with Gasteiger partial charge in [0.15, 0.2) is 0 Å². The Morgan fingerprint density at radius 3 is 2.36 bits per heavy atom. The van der Waals surface area contributed by atoms with Crippen LogP contribution in [0.3, 0.4) is 0 Å². The molecular weight excluding hydrogens is 355 g/mol. The van der Waals surface area contributed by atoms with Crippen molar-refractivity contribution in [2.24, 2.45) is 0 Å². The van der Waals surface area contributed by atoms with Gasteiger partial charge in [0, 0.05) is 18.8 Å². The van der Waals surface area contributed by atoms with Gasteiger partial charge in [-0.1, -0.05) is 36.8 Å². The van der Waals surface area contributed by atoms with Gasteiger partial charge < -0.3 is 15.0 Å². The van der Waals surface area contributed by atoms with Crippen LogP contribution < -0.4 is 10.2 Å². The molecule has 5 heteroatoms. The number of carbonyl (C=O) groups is 1. The Morgan fingerprint density at radius 1 is 1.11 bits per heavy atom. The number of halogens is 1. The van der Waals surface area contributed by atoms with E-state index in [4.69, 9.17) is 4.74 Å². The van der Waals surface area contributed by atoms with E-state index < -0.39 is 5.41 Å². The Morgan fingerprint density at radius 2 is 1.79 bits per heavy atom. The molecule has 28 heavy (non-hydrogen) atoms. The summed E-state index contributed by atoms with van der Waals surface area (Å²) in [5.41, 5.74) is 1.60. The van der Waals surface area contributed by atoms with Crippen LogP contribution in [0.15, 0.2) is 48.5 Å². The van der Waals surface area contributed by atoms with E-state index in [0.717, 1.165) is 24.8 Å². The molecule has 0 radical (unpaired) electrons. The van der Waals surface area contributed by atoms with Crippen LogP contribution >= 0.6 is 0 Å². The van der Waals surface area contributed by atoms with Gasteiger partial charge >= 0.3 is 0 Å². The number of amides is 1. The van der Waals surface area contributed by atoms with Crippen LogP contribution in [0.2, 0.25) is 0 Å². The van der Waals surface area contributed by atoms with Crippen LogP contribution in [-0.4, -0.2) is 31.2 Å². The van der Waals surface area contributed by atoms with Gasteiger partial charge in [-0.15, -0.1) is 0 Å². The largest absolute Gasteiger partial charge is 0.372 e. The van der Waals surface area contributed by atoms with Gasteiger partial charge in [-0.25, -0.2) is 4.39 Å². The highest BCUT2D eigenvalue weighted by Gasteiger charge is 2.45. The lowest BCUT2D eigenvalue weighted by Gasteiger charge is -2.40. The SMILES string of the molecule is C[C@H]1CN(c2ccc(NC(=O)C3(c4ccccc4)CCC3)cc2F)C[C@H](C)O1. The average Bonchev–Trinajstić information content (AvgIpc) is 2.61. The Hall–Kier alpha value is -2.40. The van der Waals surface area contributed by atoms with Crippen LogP contribution in [0.25, 0.3) is 0 Å². The first-order valence-electron chi connectivity index (χ1n) is 10.0. The number of anilines is 2. The number of nitrogens with zero attached hydrogens (tertiary/aromatic N) is 1. The summed E-state index contributed by atoms with van der Waals surface area (Å²) in [5, 5.41) is 2.95. The molecule has 1 aliphatic carbocycles. The van der Waals surface area contributed by atoms with E-state index in [-0.39, 0.29) is 23.9 Å². The zero-order valence-corrected chi connectivity index (χ0v) is 16.5. The normalized spacial score (nSPS) is 23.8. The van der Waals surface area contributed by atoms with Crippen LogP contribution in [0.4, 0.5) is 15.8 Å². The lowest BCUT2D eigenvalue weighted by molar-refractivity contribution is -0.124. The molecule has 148 valence electrons. The molecule has 2 aliphatic rings. The van der Waals surface area contributed by atoms with Crippen molar-refractivity contribution in [2.75, 3.05) is 23.3 Å². The summed E-state index contributed by atoms with van der Waals surface area (Å²) < 4.78 is 20.6. The van der Waals surface area contributed by atoms with E-state index in [0.29, 0.717) is 24.5 Å². The summed E-state index contributed by atoms with van der Waals surface area (Å²) in [7, 11) is 0. The molecule has 1 heterocycles. The van der Waals surface area contributed by atoms with Crippen LogP contribution in [0, 0.1) is 5.82 Å². The predicted octanol–water partition coefficient (Wildman–Crippen LogP) is 4.50. The van der Waals surface area contributed by atoms with Crippen molar-refractivity contribution in [1.82, 2.24) is 0 Å². The van der Waals surface area contributed by atoms with Crippen molar-refractivity contribution in [2.45, 2.75) is 50.7 Å². The number of hydrogen-bond acceptors (Lipinski definition) is 3. The first kappa shape index (κ1) is 18.9. The number of nitrogens with one attached hydrogen (secondary N) is 1. The highest BCUT2D eigenvalue weighted by atomic mass is 19.1. The Kier molecular flexibility index (Phi) is 5.11. The number of hydrogen-bond donors (Lipinski definition) is 1. The zero-order valence-electron chi connectivity index (χ0n) is 16.5. The standard InChI is InChI=1S/C23H27FN2O2/c1-16-14-26(15-17(2)28-16)21-10-9-19(13-20(21)24)25-22(27)23(11-6-12-23)18-7-4-3-5-8-18/h3-5,7-10,13,16-17H,6,11-12,14-15H2,1-2H3,(H,25,27)/t16-,17-/m0/s1. The maximum Gasteiger partial charge on any atom is 0.235 e. The van der Waals surface area contributed by atoms with Crippen molar-refractivity contribution in [1.29, 1.82) is 0 Å². The van der Waals surface area contributed by atoms with E-state index >= 15 is 0 Å². The lowest BCUT2D eigenvalue weighted by Crippen LogP contribution is -2.46. The smallest absolute Gasteiger partial charge is 0.235 e. The van der Waals surface area contributed by atoms with E-state index in [1.165, 1.54) is 6.07 Å². The number of benzene rings is 2. The van der Waals surface area contributed by atoms with Gasteiger partial charge in [0.1, 0.15) is 5.82 Å². The quantitative estimate of drug-likeness (QED) is 0.847. The fraction of sp³-hybridized carbons (Fsp3) is 0.435. The number of carbonyl (C=O) groups excluding carboxylic acids is 1. The third-order valence-electron chi connectivity index (χ3n) is 5.93. The molecule has 4 rings (SSSR count). The summed E-state index contributed by atoms with van der Waals surface area (Å²) in [5.74, 6) is -0.368. The van der Waals surface area contributed by atoms with Crippen LogP contribution in [0.5, 0.6) is 0 Å². The molecule has 0 aromatic heterocycles. The monoisotopic (exact) mass is 382 g/mol. The molecular formula is C23H27FN2O2. The molecule has 0 bridgehead atoms. The van der Waals surface area contributed by atoms with Gasteiger partial charge in [0.05, 0.1) is 23.3 Å². The van der Waals surface area contributed by atoms with Crippen molar-refractivity contribution in [3.8, 4) is 0 Å². The Labute approximate surface area is 165 Å². The van der Waals surface area contributed by atoms with Crippen LogP contribution in [0.1, 0.15) is 38.7 Å². The zero-order chi connectivity index (χ0) is 19.7. The van der Waals surface area contributed by atoms with Crippen molar-refractivity contribution < 1.29 is 13.9 Å². The molecule has 1 aliphatic heterocycles. The van der Waals surface area contributed by atoms with E-state index in [2.05, 4.69) is 5.32 Å². The maximum atomic E-state index is 14.8. The highest BCUT2D eigenvalue weighted by molar-refractivity contribution is 6.00. The second-order valence-corrected chi connectivity index (χ2v) is 8.08. The lowest BCUT2D eigenvalue weighted by atomic mass is 9.64. The minimum atomic E-state index is -0.495. The van der Waals surface area contributed by atoms with Gasteiger partial charge in [-0.05, 0) is 50.5 Å². The minimum absolute atomic E-state index is 0.0503. The molecule has 2 aromatic carbocycles. The Balaban J connectivity index is 1.51. The summed E-state index contributed by atoms with van der Waals surface area (Å²) in [4.78, 5) is 15.1. The first-order chi connectivity index (χ1) is 13.5. The van der Waals surface area contributed by atoms with E-state index in [9.17, 15) is 9.18 Å². The number of rotatable bonds is 4. The third-order valence-corrected chi connectivity index (χ3v) is 5.93. The molecule has 1 saturated carbocycles. The van der Waals surface area contributed by atoms with E-state index in [1.807, 2.05) is 49.1 Å². The maximum absolute atomic E-state index is 14.8. The third kappa shape index (κ3) is 3.51. The molecule has 1 amide bonds. The molecule has 2 fully saturated rings. The highest BCUT2D eigenvalue weighted by Crippen LogP contribution is 2.44. The Bertz CT molecular complexity index is 841. The summed E-state index contributed by atoms with van der Waals surface area (Å²) in [6.07, 6.45) is 2.81. The van der Waals surface area contributed by atoms with Crippen LogP contribution in [-0.2, 0) is 14.9 Å². The van der Waals surface area contributed by atoms with Crippen molar-refractivity contribution in [3.05, 3.63) is 59.9 Å². The minimum Gasteiger partial charge on any atom is -0.372 e. The molecule has 0 unspecified atom stereocenters. The average molecular weight is 382 g/mol. The molecule has 4 nitrogen and oxygen atoms in total. The van der Waals surface area contributed by atoms with E-state index in [1.54, 1.807) is 12.1 Å². The fourth-order valence-electron chi connectivity index (χ4n) is 4.40. The molecule has 2 atom stereocenters. The number of ether oxygens (including phenoxy) is 1. The second-order valence-electron chi connectivity index (χ2n) is 8.08.